The predicted octanol–water partition coefficient (Wildman–Crippen LogP) is 5.46. The van der Waals surface area contributed by atoms with Crippen LogP contribution in [0.5, 0.6) is 0 Å². The molecule has 21 heavy (non-hydrogen) atoms. The van der Waals surface area contributed by atoms with Gasteiger partial charge in [-0.2, -0.15) is 29.8 Å². The van der Waals surface area contributed by atoms with Crippen molar-refractivity contribution in [3.8, 4) is 11.1 Å². The Hall–Kier alpha value is -1.24. The smallest absolute Gasteiger partial charge is 0 e. The first-order valence-corrected chi connectivity index (χ1v) is 6.82. The van der Waals surface area contributed by atoms with Gasteiger partial charge in [0.05, 0.1) is 0 Å². The number of aryl methyl sites for hydroxylation is 2. The van der Waals surface area contributed by atoms with E-state index in [9.17, 15) is 0 Å². The van der Waals surface area contributed by atoms with E-state index in [1.54, 1.807) is 0 Å². The number of benzene rings is 3. The van der Waals surface area contributed by atoms with E-state index in [0.29, 0.717) is 0 Å². The Morgan fingerprint density at radius 2 is 1.43 bits per heavy atom. The second-order valence-corrected chi connectivity index (χ2v) is 5.27. The number of fused-ring (bicyclic) bond motifs is 1. The summed E-state index contributed by atoms with van der Waals surface area (Å²) in [4.78, 5) is 0. The third-order valence-corrected chi connectivity index (χ3v) is 3.76. The Kier molecular flexibility index (Phi) is 5.14. The first kappa shape index (κ1) is 16.1. The molecule has 1 radical (unpaired) electrons. The van der Waals surface area contributed by atoms with Crippen LogP contribution in [-0.4, -0.2) is 0 Å². The maximum atomic E-state index is 3.76. The summed E-state index contributed by atoms with van der Waals surface area (Å²) in [5, 5.41) is 2.50. The van der Waals surface area contributed by atoms with Crippen LogP contribution in [0.15, 0.2) is 61.2 Å². The van der Waals surface area contributed by atoms with Crippen molar-refractivity contribution in [2.75, 3.05) is 0 Å². The average molecular weight is 346 g/mol. The van der Waals surface area contributed by atoms with E-state index in [1.165, 1.54) is 33.0 Å². The summed E-state index contributed by atoms with van der Waals surface area (Å²) in [6.07, 6.45) is 3.00. The van der Waals surface area contributed by atoms with Crippen LogP contribution in [0.25, 0.3) is 21.9 Å². The predicted molar refractivity (Wildman–Crippen MR) is 86.8 cm³/mol. The molecular formula is C20H17Y-. The van der Waals surface area contributed by atoms with Gasteiger partial charge in [0.25, 0.3) is 0 Å². The van der Waals surface area contributed by atoms with Crippen LogP contribution < -0.4 is 0 Å². The molecular weight excluding hydrogens is 329 g/mol. The molecule has 101 valence electrons. The zero-order valence-electron chi connectivity index (χ0n) is 12.5. The molecule has 0 unspecified atom stereocenters. The summed E-state index contributed by atoms with van der Waals surface area (Å²) in [5.41, 5.74) is 6.08. The van der Waals surface area contributed by atoms with Crippen LogP contribution in [0, 0.1) is 19.9 Å². The zero-order valence-corrected chi connectivity index (χ0v) is 15.3. The fourth-order valence-electron chi connectivity index (χ4n) is 2.53. The monoisotopic (exact) mass is 346 g/mol. The van der Waals surface area contributed by atoms with Gasteiger partial charge >= 0.3 is 0 Å². The van der Waals surface area contributed by atoms with E-state index in [2.05, 4.69) is 81.1 Å². The molecule has 3 aromatic carbocycles. The standard InChI is InChI=1S/C20H17.Y/c1-4-16-12-20-13-19(10-9-18(20)11-15(16)3)17-7-5-14(2)6-8-17;/h5-13H,1H2,2-3H3;/q-1;. The molecule has 0 fully saturated rings. The quantitative estimate of drug-likeness (QED) is 0.541. The number of hydrogen-bond acceptors (Lipinski definition) is 0. The fraction of sp³-hybridized carbons (Fsp3) is 0.100. The van der Waals surface area contributed by atoms with Crippen LogP contribution in [0.1, 0.15) is 16.7 Å². The molecule has 0 amide bonds. The van der Waals surface area contributed by atoms with Crippen molar-refractivity contribution in [1.82, 2.24) is 0 Å². The second kappa shape index (κ2) is 6.68. The van der Waals surface area contributed by atoms with Gasteiger partial charge in [-0.3, -0.25) is 0 Å². The second-order valence-electron chi connectivity index (χ2n) is 5.27. The van der Waals surface area contributed by atoms with Gasteiger partial charge in [0, 0.05) is 32.7 Å². The summed E-state index contributed by atoms with van der Waals surface area (Å²) in [7, 11) is 0. The Labute approximate surface area is 151 Å². The molecule has 3 rings (SSSR count). The maximum absolute atomic E-state index is 3.76. The van der Waals surface area contributed by atoms with Crippen molar-refractivity contribution in [1.29, 1.82) is 0 Å². The Bertz CT molecular complexity index is 783. The summed E-state index contributed by atoms with van der Waals surface area (Å²) in [6.45, 7) is 7.97. The number of rotatable bonds is 2. The molecule has 0 spiro atoms. The molecule has 0 heterocycles. The van der Waals surface area contributed by atoms with Gasteiger partial charge in [-0.15, -0.1) is 6.07 Å². The normalized spacial score (nSPS) is 10.2. The van der Waals surface area contributed by atoms with Gasteiger partial charge in [0.2, 0.25) is 0 Å². The van der Waals surface area contributed by atoms with E-state index in [-0.39, 0.29) is 32.7 Å². The van der Waals surface area contributed by atoms with E-state index in [4.69, 9.17) is 0 Å². The van der Waals surface area contributed by atoms with Crippen molar-refractivity contribution in [3.05, 3.63) is 83.9 Å². The van der Waals surface area contributed by atoms with Crippen molar-refractivity contribution >= 4 is 10.8 Å². The van der Waals surface area contributed by atoms with Crippen molar-refractivity contribution in [3.63, 3.8) is 0 Å². The molecule has 0 saturated heterocycles. The van der Waals surface area contributed by atoms with E-state index in [1.807, 2.05) is 0 Å². The van der Waals surface area contributed by atoms with Crippen LogP contribution >= 0.6 is 0 Å². The van der Waals surface area contributed by atoms with Crippen molar-refractivity contribution in [2.45, 2.75) is 13.8 Å². The summed E-state index contributed by atoms with van der Waals surface area (Å²) in [5.74, 6) is 0. The van der Waals surface area contributed by atoms with Gasteiger partial charge in [0.1, 0.15) is 0 Å². The Balaban J connectivity index is 0.00000161. The minimum atomic E-state index is 0. The van der Waals surface area contributed by atoms with Crippen LogP contribution in [-0.2, 0) is 32.7 Å². The SMILES string of the molecule is C=[C-]c1cc2cc(-c3ccc(C)cc3)ccc2cc1C.[Y]. The van der Waals surface area contributed by atoms with E-state index >= 15 is 0 Å². The van der Waals surface area contributed by atoms with Gasteiger partial charge in [0.15, 0.2) is 0 Å². The minimum absolute atomic E-state index is 0. The van der Waals surface area contributed by atoms with Gasteiger partial charge in [-0.1, -0.05) is 60.3 Å². The molecule has 3 aromatic rings. The molecule has 0 N–H and O–H groups in total. The van der Waals surface area contributed by atoms with Gasteiger partial charge < -0.3 is 0 Å². The Morgan fingerprint density at radius 1 is 0.762 bits per heavy atom. The molecule has 0 aromatic heterocycles. The van der Waals surface area contributed by atoms with Crippen molar-refractivity contribution < 1.29 is 32.7 Å². The van der Waals surface area contributed by atoms with Crippen molar-refractivity contribution in [2.24, 2.45) is 0 Å². The van der Waals surface area contributed by atoms with E-state index < -0.39 is 0 Å². The summed E-state index contributed by atoms with van der Waals surface area (Å²) < 4.78 is 0. The first-order chi connectivity index (χ1) is 9.67. The first-order valence-electron chi connectivity index (χ1n) is 6.82. The molecule has 0 aliphatic carbocycles. The summed E-state index contributed by atoms with van der Waals surface area (Å²) >= 11 is 0. The van der Waals surface area contributed by atoms with Crippen LogP contribution in [0.2, 0.25) is 0 Å². The molecule has 0 bridgehead atoms. The van der Waals surface area contributed by atoms with E-state index in [0.717, 1.165) is 5.56 Å². The molecule has 0 atom stereocenters. The average Bonchev–Trinajstić information content (AvgIpc) is 2.47. The minimum Gasteiger partial charge on any atom is -0.190 e. The topological polar surface area (TPSA) is 0 Å². The van der Waals surface area contributed by atoms with Gasteiger partial charge in [-0.25, -0.2) is 0 Å². The molecule has 0 aliphatic rings. The maximum Gasteiger partial charge on any atom is 0 e. The molecule has 1 heteroatoms. The molecule has 0 aliphatic heterocycles. The van der Waals surface area contributed by atoms with Crippen LogP contribution in [0.4, 0.5) is 0 Å². The third kappa shape index (κ3) is 3.33. The fourth-order valence-corrected chi connectivity index (χ4v) is 2.53. The summed E-state index contributed by atoms with van der Waals surface area (Å²) in [6, 6.07) is 19.6. The van der Waals surface area contributed by atoms with Gasteiger partial charge in [-0.05, 0) is 23.4 Å². The third-order valence-electron chi connectivity index (χ3n) is 3.76. The Morgan fingerprint density at radius 3 is 2.10 bits per heavy atom. The zero-order chi connectivity index (χ0) is 14.1. The van der Waals surface area contributed by atoms with Crippen LogP contribution in [0.3, 0.4) is 0 Å². The largest absolute Gasteiger partial charge is 0.190 e. The molecule has 0 nitrogen and oxygen atoms in total. The molecule has 0 saturated carbocycles. The number of hydrogen-bond donors (Lipinski definition) is 0.